The second kappa shape index (κ2) is 11.0. The van der Waals surface area contributed by atoms with E-state index >= 15 is 0 Å². The summed E-state index contributed by atoms with van der Waals surface area (Å²) in [6.45, 7) is 8.39. The number of hydrogen-bond acceptors (Lipinski definition) is 4. The maximum Gasteiger partial charge on any atom is 0.387 e. The van der Waals surface area contributed by atoms with Crippen LogP contribution in [0.15, 0.2) is 48.2 Å². The summed E-state index contributed by atoms with van der Waals surface area (Å²) in [6, 6.07) is 2.04. The van der Waals surface area contributed by atoms with Crippen LogP contribution in [0.1, 0.15) is 62.4 Å². The number of allylic oxidation sites excluding steroid dienone is 5. The molecule has 9 heteroatoms. The molecule has 1 saturated carbocycles. The van der Waals surface area contributed by atoms with Crippen LogP contribution in [0.25, 0.3) is 5.57 Å². The number of alkyl halides is 2. The minimum absolute atomic E-state index is 0.0979. The molecule has 0 radical (unpaired) electrons. The number of aromatic nitrogens is 2. The van der Waals surface area contributed by atoms with E-state index in [0.29, 0.717) is 24.0 Å². The van der Waals surface area contributed by atoms with Crippen molar-refractivity contribution in [2.75, 3.05) is 0 Å². The lowest BCUT2D eigenvalue weighted by molar-refractivity contribution is -0.0505. The topological polar surface area (TPSA) is 67.5 Å². The lowest BCUT2D eigenvalue weighted by Gasteiger charge is -2.22. The standard InChI is InChI=1S/C26H30ClF3N2O3/c1-6-18(15(4)24-23(35-26(29)30)8-7-20(28)25(24)27)13(2)9-14(3)19-12-31-32(16(19)5)17-10-21(33)22(34)11-17/h6-9,12,15,17,21-22,26,33-34H,2,10-11H2,1,3-5H3. The number of benzene rings is 1. The Morgan fingerprint density at radius 3 is 2.49 bits per heavy atom. The van der Waals surface area contributed by atoms with Crippen molar-refractivity contribution in [1.82, 2.24) is 9.78 Å². The van der Waals surface area contributed by atoms with Gasteiger partial charge in [0.2, 0.25) is 0 Å². The smallest absolute Gasteiger partial charge is 0.387 e. The van der Waals surface area contributed by atoms with E-state index in [9.17, 15) is 23.4 Å². The Hall–Kier alpha value is -2.55. The van der Waals surface area contributed by atoms with Gasteiger partial charge in [0.05, 0.1) is 29.5 Å². The minimum Gasteiger partial charge on any atom is -0.434 e. The number of ether oxygens (including phenoxy) is 1. The molecular weight excluding hydrogens is 481 g/mol. The van der Waals surface area contributed by atoms with Crippen molar-refractivity contribution in [1.29, 1.82) is 0 Å². The molecule has 1 aliphatic rings. The number of rotatable bonds is 8. The molecule has 35 heavy (non-hydrogen) atoms. The zero-order chi connectivity index (χ0) is 26.0. The van der Waals surface area contributed by atoms with Gasteiger partial charge >= 0.3 is 6.61 Å². The first kappa shape index (κ1) is 27.0. The Morgan fingerprint density at radius 1 is 1.29 bits per heavy atom. The van der Waals surface area contributed by atoms with Crippen LogP contribution in [0, 0.1) is 12.7 Å². The fourth-order valence-corrected chi connectivity index (χ4v) is 5.11. The van der Waals surface area contributed by atoms with Crippen LogP contribution in [0.2, 0.25) is 5.02 Å². The molecular formula is C26H30ClF3N2O3. The highest BCUT2D eigenvalue weighted by molar-refractivity contribution is 6.31. The van der Waals surface area contributed by atoms with Gasteiger partial charge in [-0.15, -0.1) is 0 Å². The fraction of sp³-hybridized carbons (Fsp3) is 0.423. The second-order valence-electron chi connectivity index (χ2n) is 8.82. The molecule has 3 rings (SSSR count). The molecule has 0 spiro atoms. The van der Waals surface area contributed by atoms with E-state index in [2.05, 4.69) is 16.4 Å². The van der Waals surface area contributed by atoms with Crippen LogP contribution >= 0.6 is 11.6 Å². The van der Waals surface area contributed by atoms with Crippen molar-refractivity contribution in [3.8, 4) is 5.75 Å². The molecule has 1 heterocycles. The average Bonchev–Trinajstić information content (AvgIpc) is 3.32. The third kappa shape index (κ3) is 5.66. The van der Waals surface area contributed by atoms with Gasteiger partial charge in [0.15, 0.2) is 0 Å². The van der Waals surface area contributed by atoms with Crippen LogP contribution < -0.4 is 4.74 Å². The van der Waals surface area contributed by atoms with Gasteiger partial charge in [0.25, 0.3) is 0 Å². The largest absolute Gasteiger partial charge is 0.434 e. The Morgan fingerprint density at radius 2 is 1.91 bits per heavy atom. The zero-order valence-electron chi connectivity index (χ0n) is 20.1. The predicted octanol–water partition coefficient (Wildman–Crippen LogP) is 6.35. The summed E-state index contributed by atoms with van der Waals surface area (Å²) in [5.41, 5.74) is 4.00. The summed E-state index contributed by atoms with van der Waals surface area (Å²) < 4.78 is 46.5. The molecule has 2 aromatic rings. The average molecular weight is 511 g/mol. The number of halogens is 4. The summed E-state index contributed by atoms with van der Waals surface area (Å²) in [5.74, 6) is -1.50. The van der Waals surface area contributed by atoms with Gasteiger partial charge in [-0.25, -0.2) is 4.39 Å². The van der Waals surface area contributed by atoms with Gasteiger partial charge in [-0.05, 0) is 62.5 Å². The highest BCUT2D eigenvalue weighted by Gasteiger charge is 2.34. The van der Waals surface area contributed by atoms with Crippen LogP contribution in [0.5, 0.6) is 5.75 Å². The molecule has 0 amide bonds. The first-order valence-corrected chi connectivity index (χ1v) is 11.7. The van der Waals surface area contributed by atoms with E-state index in [0.717, 1.165) is 29.0 Å². The van der Waals surface area contributed by atoms with Crippen molar-refractivity contribution in [3.63, 3.8) is 0 Å². The molecule has 3 atom stereocenters. The summed E-state index contributed by atoms with van der Waals surface area (Å²) in [5, 5.41) is 24.0. The van der Waals surface area contributed by atoms with E-state index in [1.54, 1.807) is 26.1 Å². The molecule has 1 aromatic heterocycles. The molecule has 0 bridgehead atoms. The third-order valence-corrected chi connectivity index (χ3v) is 6.95. The van der Waals surface area contributed by atoms with Crippen LogP contribution in [0.3, 0.4) is 0 Å². The Labute approximate surface area is 208 Å². The van der Waals surface area contributed by atoms with E-state index < -0.39 is 30.6 Å². The van der Waals surface area contributed by atoms with Crippen LogP contribution in [0.4, 0.5) is 13.2 Å². The van der Waals surface area contributed by atoms with Crippen molar-refractivity contribution < 1.29 is 28.1 Å². The van der Waals surface area contributed by atoms with E-state index in [1.165, 1.54) is 0 Å². The maximum absolute atomic E-state index is 14.2. The summed E-state index contributed by atoms with van der Waals surface area (Å²) >= 11 is 6.17. The maximum atomic E-state index is 14.2. The summed E-state index contributed by atoms with van der Waals surface area (Å²) in [7, 11) is 0. The summed E-state index contributed by atoms with van der Waals surface area (Å²) in [4.78, 5) is 0. The van der Waals surface area contributed by atoms with Gasteiger partial charge in [0.1, 0.15) is 11.6 Å². The molecule has 1 aromatic carbocycles. The molecule has 2 N–H and O–H groups in total. The van der Waals surface area contributed by atoms with Gasteiger partial charge < -0.3 is 14.9 Å². The quantitative estimate of drug-likeness (QED) is 0.406. The normalized spacial score (nSPS) is 22.1. The monoisotopic (exact) mass is 510 g/mol. The Bertz CT molecular complexity index is 1150. The van der Waals surface area contributed by atoms with Gasteiger partial charge in [-0.1, -0.05) is 37.3 Å². The van der Waals surface area contributed by atoms with E-state index in [-0.39, 0.29) is 22.4 Å². The molecule has 190 valence electrons. The SMILES string of the molecule is C=C(C=C(C)c1cnn(C2CC(O)C(O)C2)c1C)C(=CC)C(C)c1c(OC(F)F)ccc(F)c1Cl. The number of hydrogen-bond donors (Lipinski definition) is 2. The highest BCUT2D eigenvalue weighted by Crippen LogP contribution is 2.41. The van der Waals surface area contributed by atoms with E-state index in [4.69, 9.17) is 11.6 Å². The third-order valence-electron chi connectivity index (χ3n) is 6.57. The number of aliphatic hydroxyl groups is 2. The first-order chi connectivity index (χ1) is 16.5. The molecule has 0 saturated heterocycles. The number of nitrogens with zero attached hydrogens (tertiary/aromatic N) is 2. The molecule has 0 aliphatic heterocycles. The van der Waals surface area contributed by atoms with Crippen molar-refractivity contribution >= 4 is 17.2 Å². The molecule has 3 unspecified atom stereocenters. The van der Waals surface area contributed by atoms with Gasteiger partial charge in [-0.2, -0.15) is 13.9 Å². The van der Waals surface area contributed by atoms with Crippen molar-refractivity contribution in [3.05, 3.63) is 75.9 Å². The minimum atomic E-state index is -3.08. The lowest BCUT2D eigenvalue weighted by Crippen LogP contribution is -2.17. The van der Waals surface area contributed by atoms with Crippen molar-refractivity contribution in [2.45, 2.75) is 71.3 Å². The second-order valence-corrected chi connectivity index (χ2v) is 9.20. The van der Waals surface area contributed by atoms with Crippen LogP contribution in [-0.2, 0) is 0 Å². The highest BCUT2D eigenvalue weighted by atomic mass is 35.5. The van der Waals surface area contributed by atoms with Gasteiger partial charge in [0, 0.05) is 22.7 Å². The fourth-order valence-electron chi connectivity index (χ4n) is 4.79. The van der Waals surface area contributed by atoms with Gasteiger partial charge in [-0.3, -0.25) is 4.68 Å². The van der Waals surface area contributed by atoms with E-state index in [1.807, 2.05) is 24.6 Å². The Balaban J connectivity index is 1.89. The van der Waals surface area contributed by atoms with Crippen LogP contribution in [-0.4, -0.2) is 38.8 Å². The zero-order valence-corrected chi connectivity index (χ0v) is 20.9. The lowest BCUT2D eigenvalue weighted by atomic mass is 9.86. The first-order valence-electron chi connectivity index (χ1n) is 11.3. The number of aliphatic hydroxyl groups excluding tert-OH is 2. The Kier molecular flexibility index (Phi) is 8.51. The molecule has 5 nitrogen and oxygen atoms in total. The summed E-state index contributed by atoms with van der Waals surface area (Å²) in [6.07, 6.45) is 4.67. The van der Waals surface area contributed by atoms with Crippen molar-refractivity contribution in [2.24, 2.45) is 0 Å². The molecule has 1 aliphatic carbocycles. The predicted molar refractivity (Wildman–Crippen MR) is 130 cm³/mol. The molecule has 1 fully saturated rings.